The van der Waals surface area contributed by atoms with Crippen molar-refractivity contribution in [3.63, 3.8) is 0 Å². The van der Waals surface area contributed by atoms with Gasteiger partial charge in [0, 0.05) is 32.7 Å². The van der Waals surface area contributed by atoms with Crippen molar-refractivity contribution in [2.24, 2.45) is 0 Å². The van der Waals surface area contributed by atoms with Gasteiger partial charge in [-0.3, -0.25) is 4.90 Å². The molecule has 1 aliphatic rings. The van der Waals surface area contributed by atoms with Gasteiger partial charge >= 0.3 is 6.18 Å². The molecule has 0 amide bonds. The molecule has 0 bridgehead atoms. The molecule has 4 rings (SSSR count). The van der Waals surface area contributed by atoms with Crippen molar-refractivity contribution in [1.29, 1.82) is 0 Å². The van der Waals surface area contributed by atoms with Gasteiger partial charge in [-0.25, -0.2) is 0 Å². The van der Waals surface area contributed by atoms with Crippen LogP contribution in [0.2, 0.25) is 0 Å². The van der Waals surface area contributed by atoms with Crippen molar-refractivity contribution in [2.45, 2.75) is 32.5 Å². The number of piperazine rings is 1. The molecule has 1 aromatic carbocycles. The van der Waals surface area contributed by atoms with Crippen LogP contribution in [0.5, 0.6) is 5.75 Å². The number of anilines is 1. The molecule has 0 N–H and O–H groups in total. The van der Waals surface area contributed by atoms with Crippen LogP contribution < -0.4 is 9.64 Å². The summed E-state index contributed by atoms with van der Waals surface area (Å²) >= 11 is 0. The number of hydrogen-bond acceptors (Lipinski definition) is 6. The largest absolute Gasteiger partial charge is 0.494 e. The third kappa shape index (κ3) is 5.07. The lowest BCUT2D eigenvalue weighted by molar-refractivity contribution is -0.146. The summed E-state index contributed by atoms with van der Waals surface area (Å²) in [5.41, 5.74) is 1.28. The highest BCUT2D eigenvalue weighted by atomic mass is 19.4. The zero-order chi connectivity index (χ0) is 21.8. The van der Waals surface area contributed by atoms with E-state index >= 15 is 0 Å². The lowest BCUT2D eigenvalue weighted by atomic mass is 10.2. The Bertz CT molecular complexity index is 997. The van der Waals surface area contributed by atoms with Gasteiger partial charge < -0.3 is 9.64 Å². The summed E-state index contributed by atoms with van der Waals surface area (Å²) in [7, 11) is 0. The summed E-state index contributed by atoms with van der Waals surface area (Å²) in [4.78, 5) is 4.31. The van der Waals surface area contributed by atoms with Crippen LogP contribution in [0.3, 0.4) is 0 Å². The van der Waals surface area contributed by atoms with Gasteiger partial charge in [0.1, 0.15) is 11.6 Å². The van der Waals surface area contributed by atoms with Crippen molar-refractivity contribution in [3.05, 3.63) is 47.8 Å². The summed E-state index contributed by atoms with van der Waals surface area (Å²) in [6.45, 7) is 6.64. The lowest BCUT2D eigenvalue weighted by Gasteiger charge is -2.35. The van der Waals surface area contributed by atoms with Gasteiger partial charge in [0.25, 0.3) is 5.82 Å². The molecule has 2 aromatic heterocycles. The number of benzene rings is 1. The Morgan fingerprint density at radius 2 is 1.71 bits per heavy atom. The molecule has 10 heteroatoms. The number of aromatic nitrogens is 4. The van der Waals surface area contributed by atoms with Crippen LogP contribution in [0.4, 0.5) is 19.0 Å². The van der Waals surface area contributed by atoms with E-state index in [0.29, 0.717) is 18.9 Å². The van der Waals surface area contributed by atoms with Crippen molar-refractivity contribution in [2.75, 3.05) is 37.7 Å². The van der Waals surface area contributed by atoms with E-state index in [1.807, 2.05) is 17.0 Å². The van der Waals surface area contributed by atoms with Crippen LogP contribution >= 0.6 is 0 Å². The molecule has 31 heavy (non-hydrogen) atoms. The van der Waals surface area contributed by atoms with Gasteiger partial charge in [0.05, 0.1) is 6.61 Å². The van der Waals surface area contributed by atoms with Crippen molar-refractivity contribution < 1.29 is 17.9 Å². The van der Waals surface area contributed by atoms with Crippen molar-refractivity contribution in [1.82, 2.24) is 24.7 Å². The molecule has 1 fully saturated rings. The number of halogens is 3. The average Bonchev–Trinajstić information content (AvgIpc) is 3.20. The van der Waals surface area contributed by atoms with Gasteiger partial charge in [-0.15, -0.1) is 15.3 Å². The number of unbranched alkanes of at least 4 members (excludes halogenated alkanes) is 1. The summed E-state index contributed by atoms with van der Waals surface area (Å²) in [6.07, 6.45) is -2.45. The quantitative estimate of drug-likeness (QED) is 0.529. The average molecular weight is 434 g/mol. The Kier molecular flexibility index (Phi) is 6.26. The first kappa shape index (κ1) is 21.4. The second-order valence-electron chi connectivity index (χ2n) is 7.59. The van der Waals surface area contributed by atoms with Gasteiger partial charge in [-0.05, 0) is 36.2 Å². The molecular formula is C21H25F3N6O. The minimum Gasteiger partial charge on any atom is -0.494 e. The van der Waals surface area contributed by atoms with E-state index in [2.05, 4.69) is 39.3 Å². The minimum absolute atomic E-state index is 0.0804. The zero-order valence-corrected chi connectivity index (χ0v) is 17.3. The van der Waals surface area contributed by atoms with E-state index in [-0.39, 0.29) is 5.65 Å². The van der Waals surface area contributed by atoms with E-state index in [1.165, 1.54) is 11.6 Å². The highest BCUT2D eigenvalue weighted by molar-refractivity contribution is 5.46. The number of ether oxygens (including phenoxy) is 1. The molecule has 0 aliphatic carbocycles. The molecule has 3 aromatic rings. The summed E-state index contributed by atoms with van der Waals surface area (Å²) in [5.74, 6) is 0.270. The monoisotopic (exact) mass is 434 g/mol. The number of nitrogens with zero attached hydrogens (tertiary/aromatic N) is 6. The van der Waals surface area contributed by atoms with E-state index in [9.17, 15) is 13.2 Å². The van der Waals surface area contributed by atoms with E-state index in [4.69, 9.17) is 4.74 Å². The predicted octanol–water partition coefficient (Wildman–Crippen LogP) is 3.64. The van der Waals surface area contributed by atoms with Crippen molar-refractivity contribution >= 4 is 11.5 Å². The Morgan fingerprint density at radius 1 is 0.968 bits per heavy atom. The molecule has 0 radical (unpaired) electrons. The second kappa shape index (κ2) is 9.09. The van der Waals surface area contributed by atoms with Gasteiger partial charge in [0.2, 0.25) is 0 Å². The number of alkyl halides is 3. The van der Waals surface area contributed by atoms with Crippen LogP contribution in [0.1, 0.15) is 31.2 Å². The first-order chi connectivity index (χ1) is 14.9. The summed E-state index contributed by atoms with van der Waals surface area (Å²) in [6, 6.07) is 11.4. The van der Waals surface area contributed by atoms with Crippen molar-refractivity contribution in [3.8, 4) is 5.75 Å². The third-order valence-corrected chi connectivity index (χ3v) is 5.29. The molecule has 1 aliphatic heterocycles. The van der Waals surface area contributed by atoms with Gasteiger partial charge in [0.15, 0.2) is 5.65 Å². The molecule has 0 unspecified atom stereocenters. The lowest BCUT2D eigenvalue weighted by Crippen LogP contribution is -2.46. The highest BCUT2D eigenvalue weighted by Gasteiger charge is 2.37. The highest BCUT2D eigenvalue weighted by Crippen LogP contribution is 2.28. The Labute approximate surface area is 178 Å². The first-order valence-corrected chi connectivity index (χ1v) is 10.4. The molecule has 0 atom stereocenters. The van der Waals surface area contributed by atoms with Crippen LogP contribution in [0.25, 0.3) is 5.65 Å². The fourth-order valence-electron chi connectivity index (χ4n) is 3.54. The molecule has 7 nitrogen and oxygen atoms in total. The SMILES string of the molecule is CCCCOc1ccc(CN2CCN(c3ccc4nnc(C(F)(F)F)n4n3)CC2)cc1. The maximum atomic E-state index is 13.1. The Hall–Kier alpha value is -2.88. The Balaban J connectivity index is 1.34. The van der Waals surface area contributed by atoms with Crippen LogP contribution in [-0.2, 0) is 12.7 Å². The van der Waals surface area contributed by atoms with Gasteiger partial charge in [-0.1, -0.05) is 25.5 Å². The predicted molar refractivity (Wildman–Crippen MR) is 110 cm³/mol. The second-order valence-corrected chi connectivity index (χ2v) is 7.59. The number of fused-ring (bicyclic) bond motifs is 1. The van der Waals surface area contributed by atoms with E-state index in [1.54, 1.807) is 6.07 Å². The molecular weight excluding hydrogens is 409 g/mol. The number of hydrogen-bond donors (Lipinski definition) is 0. The summed E-state index contributed by atoms with van der Waals surface area (Å²) in [5, 5.41) is 10.9. The standard InChI is InChI=1S/C21H25F3N6O/c1-2-3-14-31-17-6-4-16(5-7-17)15-28-10-12-29(13-11-28)19-9-8-18-25-26-20(21(22,23)24)30(18)27-19/h4-9H,2-3,10-15H2,1H3. The van der Waals surface area contributed by atoms with E-state index < -0.39 is 12.0 Å². The minimum atomic E-state index is -4.60. The molecule has 0 saturated carbocycles. The molecule has 0 spiro atoms. The number of rotatable bonds is 7. The summed E-state index contributed by atoms with van der Waals surface area (Å²) < 4.78 is 45.8. The fraction of sp³-hybridized carbons (Fsp3) is 0.476. The maximum Gasteiger partial charge on any atom is 0.453 e. The molecule has 166 valence electrons. The fourth-order valence-corrected chi connectivity index (χ4v) is 3.54. The third-order valence-electron chi connectivity index (χ3n) is 5.29. The molecule has 1 saturated heterocycles. The zero-order valence-electron chi connectivity index (χ0n) is 17.3. The maximum absolute atomic E-state index is 13.1. The smallest absolute Gasteiger partial charge is 0.453 e. The van der Waals surface area contributed by atoms with Crippen LogP contribution in [0.15, 0.2) is 36.4 Å². The van der Waals surface area contributed by atoms with Crippen LogP contribution in [-0.4, -0.2) is 57.5 Å². The van der Waals surface area contributed by atoms with Crippen LogP contribution in [0, 0.1) is 0 Å². The van der Waals surface area contributed by atoms with Gasteiger partial charge in [-0.2, -0.15) is 17.7 Å². The normalized spacial score (nSPS) is 15.5. The Morgan fingerprint density at radius 3 is 2.39 bits per heavy atom. The molecule has 3 heterocycles. The topological polar surface area (TPSA) is 58.8 Å². The first-order valence-electron chi connectivity index (χ1n) is 10.4. The van der Waals surface area contributed by atoms with E-state index in [0.717, 1.165) is 49.3 Å².